The second-order valence-corrected chi connectivity index (χ2v) is 8.55. The number of piperidine rings is 1. The number of pyridine rings is 1. The molecule has 1 saturated heterocycles. The van der Waals surface area contributed by atoms with Gasteiger partial charge in [0.15, 0.2) is 0 Å². The van der Waals surface area contributed by atoms with Crippen molar-refractivity contribution in [1.82, 2.24) is 15.2 Å². The lowest BCUT2D eigenvalue weighted by Gasteiger charge is -2.43. The maximum atomic E-state index is 14.5. The summed E-state index contributed by atoms with van der Waals surface area (Å²) in [5.41, 5.74) is -1.79. The van der Waals surface area contributed by atoms with Crippen LogP contribution in [-0.2, 0) is 11.0 Å². The Bertz CT molecular complexity index is 1130. The number of carbonyl (C=O) groups is 1. The molecule has 2 aromatic rings. The molecule has 1 aliphatic rings. The van der Waals surface area contributed by atoms with E-state index in [1.54, 1.807) is 0 Å². The van der Waals surface area contributed by atoms with Gasteiger partial charge in [0.2, 0.25) is 0 Å². The van der Waals surface area contributed by atoms with Gasteiger partial charge in [-0.1, -0.05) is 25.1 Å². The number of alkyl halides is 5. The highest BCUT2D eigenvalue weighted by molar-refractivity contribution is 6.54. The molecule has 2 heterocycles. The number of rotatable bonds is 7. The van der Waals surface area contributed by atoms with E-state index in [0.717, 1.165) is 23.1 Å². The van der Waals surface area contributed by atoms with E-state index in [4.69, 9.17) is 5.41 Å². The van der Waals surface area contributed by atoms with Crippen LogP contribution in [-0.4, -0.2) is 53.6 Å². The van der Waals surface area contributed by atoms with E-state index < -0.39 is 60.0 Å². The first-order valence-corrected chi connectivity index (χ1v) is 11.0. The third-order valence-corrected chi connectivity index (χ3v) is 5.86. The maximum Gasteiger partial charge on any atom is 0.417 e. The van der Waals surface area contributed by atoms with Gasteiger partial charge in [0.05, 0.1) is 18.2 Å². The molecule has 12 heteroatoms. The highest BCUT2D eigenvalue weighted by Crippen LogP contribution is 2.35. The Labute approximate surface area is 203 Å². The molecule has 0 bridgehead atoms. The molecule has 1 aromatic carbocycles. The summed E-state index contributed by atoms with van der Waals surface area (Å²) >= 11 is 0. The van der Waals surface area contributed by atoms with Gasteiger partial charge in [-0.15, -0.1) is 0 Å². The molecular weight excluding hydrogens is 488 g/mol. The zero-order chi connectivity index (χ0) is 26.7. The molecule has 0 radical (unpaired) electrons. The number of aromatic nitrogens is 1. The number of amides is 1. The fourth-order valence-corrected chi connectivity index (χ4v) is 4.12. The van der Waals surface area contributed by atoms with Crippen molar-refractivity contribution in [2.45, 2.75) is 31.5 Å². The third-order valence-electron chi connectivity index (χ3n) is 5.86. The molecule has 1 aromatic heterocycles. The van der Waals surface area contributed by atoms with Crippen LogP contribution in [0.1, 0.15) is 24.5 Å². The molecule has 1 fully saturated rings. The Kier molecular flexibility index (Phi) is 7.95. The van der Waals surface area contributed by atoms with Crippen LogP contribution < -0.4 is 10.6 Å². The summed E-state index contributed by atoms with van der Waals surface area (Å²) in [6.45, 7) is 0.458. The zero-order valence-electron chi connectivity index (χ0n) is 19.5. The minimum Gasteiger partial charge on any atom is -0.393 e. The van der Waals surface area contributed by atoms with Crippen molar-refractivity contribution >= 4 is 23.0 Å². The van der Waals surface area contributed by atoms with Gasteiger partial charge in [0, 0.05) is 43.5 Å². The van der Waals surface area contributed by atoms with E-state index in [1.807, 2.05) is 0 Å². The van der Waals surface area contributed by atoms with Crippen LogP contribution in [0.2, 0.25) is 0 Å². The minimum atomic E-state index is -4.56. The smallest absolute Gasteiger partial charge is 0.393 e. The van der Waals surface area contributed by atoms with Crippen molar-refractivity contribution in [1.29, 1.82) is 5.41 Å². The predicted molar refractivity (Wildman–Crippen MR) is 123 cm³/mol. The molecule has 1 aliphatic heterocycles. The molecule has 2 atom stereocenters. The van der Waals surface area contributed by atoms with Crippen LogP contribution in [0.15, 0.2) is 48.8 Å². The van der Waals surface area contributed by atoms with Gasteiger partial charge in [-0.2, -0.15) is 13.2 Å². The quantitative estimate of drug-likeness (QED) is 0.367. The van der Waals surface area contributed by atoms with Crippen LogP contribution in [0.3, 0.4) is 0 Å². The van der Waals surface area contributed by atoms with Crippen LogP contribution in [0.5, 0.6) is 0 Å². The van der Waals surface area contributed by atoms with E-state index in [2.05, 4.69) is 15.6 Å². The molecule has 3 rings (SSSR count). The van der Waals surface area contributed by atoms with E-state index in [0.29, 0.717) is 6.20 Å². The molecule has 0 saturated carbocycles. The Morgan fingerprint density at radius 2 is 1.94 bits per heavy atom. The van der Waals surface area contributed by atoms with Gasteiger partial charge < -0.3 is 15.5 Å². The SMILES string of the molecule is CN/C=C(\C(=N)C(=O)N1CC(F)(F)CC(C)C1CNc1ccc(C(F)(F)F)cn1)c1ccccc1F. The normalized spacial score (nSPS) is 20.1. The first kappa shape index (κ1) is 27.0. The largest absolute Gasteiger partial charge is 0.417 e. The van der Waals surface area contributed by atoms with Gasteiger partial charge in [0.1, 0.15) is 17.3 Å². The topological polar surface area (TPSA) is 81.1 Å². The summed E-state index contributed by atoms with van der Waals surface area (Å²) in [6, 6.07) is 6.56. The standard InChI is InChI=1S/C24H25F6N5O/c1-14-9-23(26,27)13-35(19(14)12-34-20-8-7-15(10-33-20)24(28,29)30)22(36)21(31)17(11-32-2)16-5-3-4-6-18(16)25/h3-8,10-11,14,19,31-32H,9,12-13H2,1-2H3,(H,33,34)/b17-11-,31-21?. The lowest BCUT2D eigenvalue weighted by molar-refractivity contribution is -0.145. The van der Waals surface area contributed by atoms with Crippen molar-refractivity contribution in [2.24, 2.45) is 5.92 Å². The number of carbonyl (C=O) groups excluding carboxylic acids is 1. The summed E-state index contributed by atoms with van der Waals surface area (Å²) in [5, 5.41) is 13.9. The highest BCUT2D eigenvalue weighted by Gasteiger charge is 2.47. The van der Waals surface area contributed by atoms with Crippen molar-refractivity contribution < 1.29 is 31.1 Å². The summed E-state index contributed by atoms with van der Waals surface area (Å²) in [5.74, 6) is -5.60. The molecular formula is C24H25F6N5O. The van der Waals surface area contributed by atoms with Gasteiger partial charge in [-0.05, 0) is 24.1 Å². The van der Waals surface area contributed by atoms with E-state index >= 15 is 0 Å². The van der Waals surface area contributed by atoms with Crippen molar-refractivity contribution in [2.75, 3.05) is 25.5 Å². The number of nitrogens with one attached hydrogen (secondary N) is 3. The zero-order valence-corrected chi connectivity index (χ0v) is 19.5. The Morgan fingerprint density at radius 3 is 2.53 bits per heavy atom. The minimum absolute atomic E-state index is 0.0503. The second kappa shape index (κ2) is 10.6. The fourth-order valence-electron chi connectivity index (χ4n) is 4.12. The van der Waals surface area contributed by atoms with Gasteiger partial charge in [0.25, 0.3) is 11.8 Å². The lowest BCUT2D eigenvalue weighted by atomic mass is 9.87. The Morgan fingerprint density at radius 1 is 1.25 bits per heavy atom. The van der Waals surface area contributed by atoms with Gasteiger partial charge in [-0.25, -0.2) is 18.2 Å². The van der Waals surface area contributed by atoms with Gasteiger partial charge in [-0.3, -0.25) is 10.2 Å². The monoisotopic (exact) mass is 513 g/mol. The second-order valence-electron chi connectivity index (χ2n) is 8.55. The number of halogens is 6. The number of hydrogen-bond acceptors (Lipinski definition) is 5. The molecule has 0 spiro atoms. The fraction of sp³-hybridized carbons (Fsp3) is 0.375. The van der Waals surface area contributed by atoms with Crippen LogP contribution in [0.4, 0.5) is 32.2 Å². The van der Waals surface area contributed by atoms with Crippen LogP contribution >= 0.6 is 0 Å². The van der Waals surface area contributed by atoms with E-state index in [1.165, 1.54) is 38.4 Å². The van der Waals surface area contributed by atoms with Crippen LogP contribution in [0.25, 0.3) is 5.57 Å². The summed E-state index contributed by atoms with van der Waals surface area (Å²) in [6.07, 6.45) is -3.20. The average Bonchev–Trinajstić information content (AvgIpc) is 2.80. The van der Waals surface area contributed by atoms with Crippen molar-refractivity contribution in [3.05, 3.63) is 65.7 Å². The van der Waals surface area contributed by atoms with E-state index in [9.17, 15) is 31.1 Å². The molecule has 6 nitrogen and oxygen atoms in total. The van der Waals surface area contributed by atoms with E-state index in [-0.39, 0.29) is 23.5 Å². The number of anilines is 1. The van der Waals surface area contributed by atoms with Crippen molar-refractivity contribution in [3.63, 3.8) is 0 Å². The molecule has 36 heavy (non-hydrogen) atoms. The van der Waals surface area contributed by atoms with Crippen molar-refractivity contribution in [3.8, 4) is 0 Å². The predicted octanol–water partition coefficient (Wildman–Crippen LogP) is 4.80. The molecule has 1 amide bonds. The summed E-state index contributed by atoms with van der Waals surface area (Å²) < 4.78 is 81.7. The molecule has 194 valence electrons. The number of hydrogen-bond donors (Lipinski definition) is 3. The van der Waals surface area contributed by atoms with Gasteiger partial charge >= 0.3 is 6.18 Å². The highest BCUT2D eigenvalue weighted by atomic mass is 19.4. The average molecular weight is 513 g/mol. The molecule has 0 aliphatic carbocycles. The first-order chi connectivity index (χ1) is 16.8. The number of likely N-dealkylation sites (tertiary alicyclic amines) is 1. The maximum absolute atomic E-state index is 14.5. The Hall–Kier alpha value is -3.57. The summed E-state index contributed by atoms with van der Waals surface area (Å²) in [4.78, 5) is 17.9. The number of nitrogens with zero attached hydrogens (tertiary/aromatic N) is 2. The molecule has 2 unspecified atom stereocenters. The first-order valence-electron chi connectivity index (χ1n) is 11.0. The molecule has 3 N–H and O–H groups in total. The Balaban J connectivity index is 1.85. The number of benzene rings is 1. The lowest BCUT2D eigenvalue weighted by Crippen LogP contribution is -2.58. The van der Waals surface area contributed by atoms with Crippen LogP contribution in [0, 0.1) is 17.1 Å². The third kappa shape index (κ3) is 6.16. The summed E-state index contributed by atoms with van der Waals surface area (Å²) in [7, 11) is 1.49.